The van der Waals surface area contributed by atoms with Gasteiger partial charge in [0.25, 0.3) is 0 Å². The number of nitrogens with one attached hydrogen (secondary N) is 1. The van der Waals surface area contributed by atoms with Crippen LogP contribution in [0, 0.1) is 0 Å². The number of furan rings is 1. The molecule has 2 aromatic heterocycles. The predicted molar refractivity (Wildman–Crippen MR) is 108 cm³/mol. The lowest BCUT2D eigenvalue weighted by Crippen LogP contribution is -2.43. The molecule has 2 amide bonds. The van der Waals surface area contributed by atoms with Crippen LogP contribution in [-0.4, -0.2) is 17.3 Å². The van der Waals surface area contributed by atoms with E-state index >= 15 is 0 Å². The zero-order chi connectivity index (χ0) is 22.2. The number of fused-ring (bicyclic) bond motifs is 1. The number of urea groups is 1. The SMILES string of the molecule is O=C(NC(F)(F)F)N(F)c1ccccc1-c1ncc(-c2cccc(Cl)c2)c2occc12. The van der Waals surface area contributed by atoms with E-state index in [1.54, 1.807) is 30.3 Å². The summed E-state index contributed by atoms with van der Waals surface area (Å²) in [4.78, 5) is 16.1. The minimum Gasteiger partial charge on any atom is -0.464 e. The van der Waals surface area contributed by atoms with Crippen LogP contribution in [0.3, 0.4) is 0 Å². The van der Waals surface area contributed by atoms with Gasteiger partial charge in [-0.2, -0.15) is 13.2 Å². The van der Waals surface area contributed by atoms with Crippen LogP contribution in [0.15, 0.2) is 71.5 Å². The van der Waals surface area contributed by atoms with Gasteiger partial charge in [0.15, 0.2) is 0 Å². The van der Waals surface area contributed by atoms with Crippen LogP contribution in [0.4, 0.5) is 28.1 Å². The molecule has 0 aliphatic rings. The smallest absolute Gasteiger partial charge is 0.464 e. The molecule has 0 saturated heterocycles. The molecule has 0 bridgehead atoms. The van der Waals surface area contributed by atoms with Gasteiger partial charge in [-0.3, -0.25) is 4.98 Å². The highest BCUT2D eigenvalue weighted by Gasteiger charge is 2.34. The third-order valence-electron chi connectivity index (χ3n) is 4.42. The van der Waals surface area contributed by atoms with Crippen LogP contribution in [0.1, 0.15) is 0 Å². The van der Waals surface area contributed by atoms with E-state index in [0.717, 1.165) is 5.56 Å². The second-order valence-electron chi connectivity index (χ2n) is 6.42. The monoisotopic (exact) mass is 449 g/mol. The Balaban J connectivity index is 1.82. The zero-order valence-electron chi connectivity index (χ0n) is 15.5. The number of para-hydroxylation sites is 1. The number of alkyl halides is 3. The lowest BCUT2D eigenvalue weighted by atomic mass is 10.0. The summed E-state index contributed by atoms with van der Waals surface area (Å²) in [6.07, 6.45) is -2.18. The van der Waals surface area contributed by atoms with Crippen LogP contribution >= 0.6 is 11.6 Å². The molecule has 5 nitrogen and oxygen atoms in total. The summed E-state index contributed by atoms with van der Waals surface area (Å²) in [7, 11) is 0. The van der Waals surface area contributed by atoms with Crippen molar-refractivity contribution in [2.45, 2.75) is 6.30 Å². The average Bonchev–Trinajstić information content (AvgIpc) is 3.21. The Labute approximate surface area is 177 Å². The van der Waals surface area contributed by atoms with Crippen molar-refractivity contribution in [1.82, 2.24) is 10.3 Å². The first kappa shape index (κ1) is 20.7. The standard InChI is InChI=1S/C21H12ClF4N3O2/c22-13-5-3-4-12(10-13)16-11-27-18(15-8-9-31-19(15)16)14-6-1-2-7-17(14)29(26)20(30)28-21(23,24)25/h1-11H,(H,28,30). The largest absolute Gasteiger partial charge is 0.486 e. The summed E-state index contributed by atoms with van der Waals surface area (Å²) in [6.45, 7) is 0. The third kappa shape index (κ3) is 4.17. The van der Waals surface area contributed by atoms with Crippen LogP contribution in [0.2, 0.25) is 5.02 Å². The molecule has 0 saturated carbocycles. The fourth-order valence-electron chi connectivity index (χ4n) is 3.16. The van der Waals surface area contributed by atoms with Gasteiger partial charge in [-0.25, -0.2) is 10.1 Å². The number of rotatable bonds is 3. The molecule has 10 heteroatoms. The molecular weight excluding hydrogens is 438 g/mol. The molecule has 0 unspecified atom stereocenters. The molecule has 4 aromatic rings. The molecule has 0 aliphatic heterocycles. The van der Waals surface area contributed by atoms with Gasteiger partial charge in [-0.1, -0.05) is 46.4 Å². The second kappa shape index (κ2) is 7.92. The Bertz CT molecular complexity index is 1270. The van der Waals surface area contributed by atoms with E-state index in [2.05, 4.69) is 4.98 Å². The first-order valence-corrected chi connectivity index (χ1v) is 9.19. The summed E-state index contributed by atoms with van der Waals surface area (Å²) >= 11 is 6.06. The normalized spacial score (nSPS) is 11.5. The molecule has 0 atom stereocenters. The van der Waals surface area contributed by atoms with Crippen LogP contribution in [-0.2, 0) is 0 Å². The summed E-state index contributed by atoms with van der Waals surface area (Å²) in [5.41, 5.74) is 1.70. The predicted octanol–water partition coefficient (Wildman–Crippen LogP) is 6.74. The second-order valence-corrected chi connectivity index (χ2v) is 6.86. The molecule has 31 heavy (non-hydrogen) atoms. The summed E-state index contributed by atoms with van der Waals surface area (Å²) < 4.78 is 57.5. The first-order valence-electron chi connectivity index (χ1n) is 8.81. The number of nitrogens with zero attached hydrogens (tertiary/aromatic N) is 2. The Morgan fingerprint density at radius 2 is 1.84 bits per heavy atom. The number of hydrogen-bond acceptors (Lipinski definition) is 3. The van der Waals surface area contributed by atoms with E-state index in [0.29, 0.717) is 26.9 Å². The molecule has 0 aliphatic carbocycles. The van der Waals surface area contributed by atoms with E-state index in [-0.39, 0.29) is 11.3 Å². The van der Waals surface area contributed by atoms with Gasteiger partial charge in [0, 0.05) is 27.7 Å². The van der Waals surface area contributed by atoms with Crippen molar-refractivity contribution in [1.29, 1.82) is 0 Å². The summed E-state index contributed by atoms with van der Waals surface area (Å²) in [6, 6.07) is 12.2. The lowest BCUT2D eigenvalue weighted by molar-refractivity contribution is -0.145. The number of benzene rings is 2. The molecule has 0 fully saturated rings. The summed E-state index contributed by atoms with van der Waals surface area (Å²) in [5.74, 6) is 0. The van der Waals surface area contributed by atoms with E-state index in [1.807, 2.05) is 6.07 Å². The molecule has 1 N–H and O–H groups in total. The van der Waals surface area contributed by atoms with Crippen molar-refractivity contribution in [3.63, 3.8) is 0 Å². The fourth-order valence-corrected chi connectivity index (χ4v) is 3.35. The number of amides is 2. The molecule has 4 rings (SSSR count). The number of hydrogen-bond donors (Lipinski definition) is 1. The van der Waals surface area contributed by atoms with Gasteiger partial charge in [0.1, 0.15) is 5.58 Å². The average molecular weight is 450 g/mol. The maximum atomic E-state index is 14.6. The van der Waals surface area contributed by atoms with Gasteiger partial charge in [0.05, 0.1) is 17.6 Å². The van der Waals surface area contributed by atoms with Gasteiger partial charge < -0.3 is 4.42 Å². The number of anilines is 1. The number of carbonyl (C=O) groups is 1. The highest BCUT2D eigenvalue weighted by atomic mass is 35.5. The van der Waals surface area contributed by atoms with E-state index < -0.39 is 23.1 Å². The van der Waals surface area contributed by atoms with Crippen LogP contribution in [0.5, 0.6) is 0 Å². The Hall–Kier alpha value is -3.59. The molecule has 2 heterocycles. The number of pyridine rings is 1. The van der Waals surface area contributed by atoms with Crippen molar-refractivity contribution < 1.29 is 26.9 Å². The molecular formula is C21H12ClF4N3O2. The van der Waals surface area contributed by atoms with Crippen molar-refractivity contribution in [3.05, 3.63) is 72.1 Å². The maximum absolute atomic E-state index is 14.6. The minimum atomic E-state index is -5.08. The van der Waals surface area contributed by atoms with Crippen LogP contribution in [0.25, 0.3) is 33.4 Å². The van der Waals surface area contributed by atoms with E-state index in [4.69, 9.17) is 16.0 Å². The minimum absolute atomic E-state index is 0.103. The molecule has 158 valence electrons. The van der Waals surface area contributed by atoms with Gasteiger partial charge >= 0.3 is 12.3 Å². The fraction of sp³-hybridized carbons (Fsp3) is 0.0476. The topological polar surface area (TPSA) is 58.4 Å². The zero-order valence-corrected chi connectivity index (χ0v) is 16.2. The molecule has 0 spiro atoms. The Kier molecular flexibility index (Phi) is 5.28. The van der Waals surface area contributed by atoms with E-state index in [9.17, 15) is 22.4 Å². The highest BCUT2D eigenvalue weighted by molar-refractivity contribution is 6.30. The van der Waals surface area contributed by atoms with Gasteiger partial charge in [0.2, 0.25) is 0 Å². The third-order valence-corrected chi connectivity index (χ3v) is 4.66. The quantitative estimate of drug-likeness (QED) is 0.214. The number of carbonyl (C=O) groups excluding carboxylic acids is 1. The van der Waals surface area contributed by atoms with Crippen molar-refractivity contribution >= 4 is 34.3 Å². The van der Waals surface area contributed by atoms with Crippen molar-refractivity contribution in [2.75, 3.05) is 5.12 Å². The molecule has 0 radical (unpaired) electrons. The van der Waals surface area contributed by atoms with E-state index in [1.165, 1.54) is 30.7 Å². The summed E-state index contributed by atoms with van der Waals surface area (Å²) in [5, 5.41) is 1.01. The van der Waals surface area contributed by atoms with Crippen molar-refractivity contribution in [3.8, 4) is 22.4 Å². The van der Waals surface area contributed by atoms with Gasteiger partial charge in [-0.15, -0.1) is 5.12 Å². The maximum Gasteiger partial charge on any atom is 0.486 e. The number of halogens is 5. The van der Waals surface area contributed by atoms with Gasteiger partial charge in [-0.05, 0) is 29.8 Å². The van der Waals surface area contributed by atoms with Crippen molar-refractivity contribution in [2.24, 2.45) is 0 Å². The van der Waals surface area contributed by atoms with Crippen LogP contribution < -0.4 is 10.4 Å². The Morgan fingerprint density at radius 1 is 1.06 bits per heavy atom. The first-order chi connectivity index (χ1) is 14.7. The lowest BCUT2D eigenvalue weighted by Gasteiger charge is -2.18. The number of aromatic nitrogens is 1. The highest BCUT2D eigenvalue weighted by Crippen LogP contribution is 2.38. The Morgan fingerprint density at radius 3 is 2.58 bits per heavy atom. The molecule has 2 aromatic carbocycles.